The third-order valence-corrected chi connectivity index (χ3v) is 5.83. The van der Waals surface area contributed by atoms with Gasteiger partial charge in [0.1, 0.15) is 10.7 Å². The van der Waals surface area contributed by atoms with Crippen LogP contribution in [0.25, 0.3) is 0 Å². The maximum atomic E-state index is 12.5. The topological polar surface area (TPSA) is 68.5 Å². The van der Waals surface area contributed by atoms with Crippen LogP contribution in [0.1, 0.15) is 42.7 Å². The lowest BCUT2D eigenvalue weighted by molar-refractivity contribution is -0.198. The second-order valence-electron chi connectivity index (χ2n) is 6.12. The zero-order valence-electron chi connectivity index (χ0n) is 12.8. The Kier molecular flexibility index (Phi) is 3.92. The molecule has 2 unspecified atom stereocenters. The van der Waals surface area contributed by atoms with E-state index in [-0.39, 0.29) is 23.0 Å². The van der Waals surface area contributed by atoms with E-state index in [2.05, 4.69) is 25.8 Å². The maximum Gasteiger partial charge on any atom is 0.273 e. The van der Waals surface area contributed by atoms with Crippen molar-refractivity contribution in [3.05, 3.63) is 16.1 Å². The van der Waals surface area contributed by atoms with E-state index in [1.165, 1.54) is 11.3 Å². The molecule has 1 heterocycles. The number of hydrogen-bond acceptors (Lipinski definition) is 5. The van der Waals surface area contributed by atoms with Crippen LogP contribution in [0.5, 0.6) is 0 Å². The molecule has 0 aromatic carbocycles. The molecule has 1 aromatic heterocycles. The Labute approximate surface area is 124 Å². The summed E-state index contributed by atoms with van der Waals surface area (Å²) in [5.41, 5.74) is 5.76. The fourth-order valence-electron chi connectivity index (χ4n) is 2.90. The van der Waals surface area contributed by atoms with Crippen LogP contribution < -0.4 is 5.73 Å². The van der Waals surface area contributed by atoms with E-state index in [9.17, 15) is 4.79 Å². The van der Waals surface area contributed by atoms with Crippen molar-refractivity contribution >= 4 is 17.2 Å². The van der Waals surface area contributed by atoms with Crippen LogP contribution in [0.3, 0.4) is 0 Å². The fourth-order valence-corrected chi connectivity index (χ4v) is 3.55. The van der Waals surface area contributed by atoms with Crippen LogP contribution in [0, 0.1) is 5.41 Å². The van der Waals surface area contributed by atoms with Gasteiger partial charge in [0.2, 0.25) is 0 Å². The number of carbonyl (C=O) groups excluding carboxylic acids is 1. The van der Waals surface area contributed by atoms with Gasteiger partial charge in [-0.3, -0.25) is 4.79 Å². The van der Waals surface area contributed by atoms with Crippen LogP contribution >= 0.6 is 11.3 Å². The molecule has 1 fully saturated rings. The first-order chi connectivity index (χ1) is 9.26. The smallest absolute Gasteiger partial charge is 0.273 e. The van der Waals surface area contributed by atoms with Crippen LogP contribution in [0.2, 0.25) is 0 Å². The molecule has 1 saturated carbocycles. The van der Waals surface area contributed by atoms with Gasteiger partial charge >= 0.3 is 0 Å². The summed E-state index contributed by atoms with van der Waals surface area (Å²) in [5.74, 6) is -0.0443. The Balaban J connectivity index is 2.13. The molecule has 1 aromatic rings. The largest absolute Gasteiger partial charge is 0.378 e. The first kappa shape index (κ1) is 15.4. The van der Waals surface area contributed by atoms with E-state index < -0.39 is 0 Å². The maximum absolute atomic E-state index is 12.5. The molecule has 1 aliphatic carbocycles. The Morgan fingerprint density at radius 3 is 2.70 bits per heavy atom. The SMILES string of the molecule is COC1(C)CC(N(C)C(=O)c2csc(CN)n2)C1(C)C. The molecule has 1 amide bonds. The van der Waals surface area contributed by atoms with Gasteiger partial charge < -0.3 is 15.4 Å². The highest BCUT2D eigenvalue weighted by atomic mass is 32.1. The minimum absolute atomic E-state index is 0.0443. The van der Waals surface area contributed by atoms with E-state index >= 15 is 0 Å². The third kappa shape index (κ3) is 2.16. The highest BCUT2D eigenvalue weighted by molar-refractivity contribution is 7.09. The van der Waals surface area contributed by atoms with Gasteiger partial charge in [-0.1, -0.05) is 13.8 Å². The molecule has 1 aliphatic rings. The average Bonchev–Trinajstić information content (AvgIpc) is 2.91. The van der Waals surface area contributed by atoms with Gasteiger partial charge in [0.15, 0.2) is 0 Å². The molecule has 0 spiro atoms. The lowest BCUT2D eigenvalue weighted by atomic mass is 9.55. The van der Waals surface area contributed by atoms with Crippen molar-refractivity contribution in [1.82, 2.24) is 9.88 Å². The van der Waals surface area contributed by atoms with Gasteiger partial charge in [0.05, 0.1) is 5.60 Å². The molecular weight excluding hydrogens is 274 g/mol. The summed E-state index contributed by atoms with van der Waals surface area (Å²) in [4.78, 5) is 18.5. The second-order valence-corrected chi connectivity index (χ2v) is 7.07. The summed E-state index contributed by atoms with van der Waals surface area (Å²) in [6, 6.07) is 0.156. The van der Waals surface area contributed by atoms with Crippen LogP contribution in [-0.2, 0) is 11.3 Å². The van der Waals surface area contributed by atoms with E-state index in [4.69, 9.17) is 10.5 Å². The normalized spacial score (nSPS) is 28.0. The van der Waals surface area contributed by atoms with Gasteiger partial charge in [0.25, 0.3) is 5.91 Å². The summed E-state index contributed by atoms with van der Waals surface area (Å²) in [7, 11) is 3.57. The van der Waals surface area contributed by atoms with Gasteiger partial charge in [-0.15, -0.1) is 11.3 Å². The first-order valence-corrected chi connectivity index (χ1v) is 7.61. The molecule has 0 radical (unpaired) electrons. The summed E-state index contributed by atoms with van der Waals surface area (Å²) in [5, 5.41) is 2.57. The van der Waals surface area contributed by atoms with Gasteiger partial charge in [0, 0.05) is 37.5 Å². The number of nitrogens with two attached hydrogens (primary N) is 1. The van der Waals surface area contributed by atoms with Crippen molar-refractivity contribution < 1.29 is 9.53 Å². The number of amides is 1. The molecule has 0 bridgehead atoms. The minimum atomic E-state index is -0.184. The Morgan fingerprint density at radius 2 is 2.25 bits per heavy atom. The number of aromatic nitrogens is 1. The monoisotopic (exact) mass is 297 g/mol. The summed E-state index contributed by atoms with van der Waals surface area (Å²) < 4.78 is 5.61. The van der Waals surface area contributed by atoms with Gasteiger partial charge in [-0.05, 0) is 13.3 Å². The van der Waals surface area contributed by atoms with Gasteiger partial charge in [-0.2, -0.15) is 0 Å². The lowest BCUT2D eigenvalue weighted by Gasteiger charge is -2.61. The predicted octanol–water partition coefficient (Wildman–Crippen LogP) is 1.88. The summed E-state index contributed by atoms with van der Waals surface area (Å²) in [6.45, 7) is 6.75. The molecule has 2 atom stereocenters. The molecule has 20 heavy (non-hydrogen) atoms. The Morgan fingerprint density at radius 1 is 1.60 bits per heavy atom. The number of thiazole rings is 1. The molecular formula is C14H23N3O2S. The molecule has 2 rings (SSSR count). The molecule has 0 saturated heterocycles. The highest BCUT2D eigenvalue weighted by Gasteiger charge is 2.59. The van der Waals surface area contributed by atoms with Crippen molar-refractivity contribution in [2.45, 2.75) is 45.4 Å². The van der Waals surface area contributed by atoms with E-state index in [0.717, 1.165) is 11.4 Å². The van der Waals surface area contributed by atoms with Crippen molar-refractivity contribution in [2.75, 3.05) is 14.2 Å². The standard InChI is InChI=1S/C14H23N3O2S/c1-13(2)10(6-14(13,3)19-5)17(4)12(18)9-8-20-11(7-15)16-9/h8,10H,6-7,15H2,1-5H3. The van der Waals surface area contributed by atoms with E-state index in [0.29, 0.717) is 12.2 Å². The van der Waals surface area contributed by atoms with Gasteiger partial charge in [-0.25, -0.2) is 4.98 Å². The number of ether oxygens (including phenoxy) is 1. The van der Waals surface area contributed by atoms with Crippen molar-refractivity contribution in [3.8, 4) is 0 Å². The molecule has 0 aliphatic heterocycles. The zero-order chi connectivity index (χ0) is 15.1. The number of carbonyl (C=O) groups is 1. The summed E-state index contributed by atoms with van der Waals surface area (Å²) >= 11 is 1.43. The zero-order valence-corrected chi connectivity index (χ0v) is 13.6. The van der Waals surface area contributed by atoms with Crippen molar-refractivity contribution in [1.29, 1.82) is 0 Å². The second kappa shape index (κ2) is 5.09. The number of rotatable bonds is 4. The number of hydrogen-bond donors (Lipinski definition) is 1. The first-order valence-electron chi connectivity index (χ1n) is 6.73. The Hall–Kier alpha value is -0.980. The number of nitrogens with zero attached hydrogens (tertiary/aromatic N) is 2. The van der Waals surface area contributed by atoms with Crippen LogP contribution in [-0.4, -0.2) is 41.6 Å². The van der Waals surface area contributed by atoms with E-state index in [1.807, 2.05) is 7.05 Å². The van der Waals surface area contributed by atoms with Crippen LogP contribution in [0.15, 0.2) is 5.38 Å². The predicted molar refractivity (Wildman–Crippen MR) is 79.7 cm³/mol. The molecule has 5 nitrogen and oxygen atoms in total. The fraction of sp³-hybridized carbons (Fsp3) is 0.714. The van der Waals surface area contributed by atoms with E-state index in [1.54, 1.807) is 17.4 Å². The molecule has 2 N–H and O–H groups in total. The average molecular weight is 297 g/mol. The Bertz CT molecular complexity index is 514. The summed E-state index contributed by atoms with van der Waals surface area (Å²) in [6.07, 6.45) is 0.840. The minimum Gasteiger partial charge on any atom is -0.378 e. The van der Waals surface area contributed by atoms with Crippen molar-refractivity contribution in [2.24, 2.45) is 11.1 Å². The lowest BCUT2D eigenvalue weighted by Crippen LogP contribution is -2.68. The van der Waals surface area contributed by atoms with Crippen LogP contribution in [0.4, 0.5) is 0 Å². The number of methoxy groups -OCH3 is 1. The quantitative estimate of drug-likeness (QED) is 0.921. The van der Waals surface area contributed by atoms with Crippen molar-refractivity contribution in [3.63, 3.8) is 0 Å². The third-order valence-electron chi connectivity index (χ3n) is 4.96. The highest BCUT2D eigenvalue weighted by Crippen LogP contribution is 2.53. The molecule has 112 valence electrons. The molecule has 6 heteroatoms.